The summed E-state index contributed by atoms with van der Waals surface area (Å²) in [6.45, 7) is 0.551. The molecule has 106 valence electrons. The molecule has 0 spiro atoms. The van der Waals surface area contributed by atoms with Gasteiger partial charge in [0.15, 0.2) is 0 Å². The van der Waals surface area contributed by atoms with Crippen LogP contribution in [0.1, 0.15) is 35.9 Å². The van der Waals surface area contributed by atoms with Gasteiger partial charge >= 0.3 is 0 Å². The number of imidazole rings is 1. The van der Waals surface area contributed by atoms with E-state index in [0.717, 1.165) is 24.2 Å². The van der Waals surface area contributed by atoms with E-state index in [0.29, 0.717) is 6.54 Å². The molecule has 4 heteroatoms. The quantitative estimate of drug-likeness (QED) is 0.930. The van der Waals surface area contributed by atoms with Crippen LogP contribution in [0.4, 0.5) is 0 Å². The monoisotopic (exact) mass is 272 g/mol. The SMILES string of the molecule is COc1cccc(C(O)Cn2cnc3c2CCCC3)c1. The standard InChI is InChI=1S/C16H20N2O2/c1-20-13-6-4-5-12(9-13)16(19)10-18-11-17-14-7-2-3-8-15(14)18/h4-6,9,11,16,19H,2-3,7-8,10H2,1H3. The fourth-order valence-electron chi connectivity index (χ4n) is 2.83. The number of methoxy groups -OCH3 is 1. The lowest BCUT2D eigenvalue weighted by Crippen LogP contribution is -2.13. The van der Waals surface area contributed by atoms with Gasteiger partial charge in [0.1, 0.15) is 5.75 Å². The third-order valence-electron chi connectivity index (χ3n) is 3.96. The molecule has 1 N–H and O–H groups in total. The molecule has 1 aromatic carbocycles. The van der Waals surface area contributed by atoms with Crippen LogP contribution in [-0.2, 0) is 19.4 Å². The van der Waals surface area contributed by atoms with E-state index in [2.05, 4.69) is 9.55 Å². The third-order valence-corrected chi connectivity index (χ3v) is 3.96. The molecule has 1 aromatic heterocycles. The number of hydrogen-bond acceptors (Lipinski definition) is 3. The molecule has 0 aliphatic heterocycles. The largest absolute Gasteiger partial charge is 0.497 e. The van der Waals surface area contributed by atoms with Crippen molar-refractivity contribution in [3.8, 4) is 5.75 Å². The van der Waals surface area contributed by atoms with Crippen molar-refractivity contribution in [1.29, 1.82) is 0 Å². The maximum absolute atomic E-state index is 10.4. The zero-order valence-electron chi connectivity index (χ0n) is 11.7. The minimum absolute atomic E-state index is 0.537. The molecular weight excluding hydrogens is 252 g/mol. The third kappa shape index (κ3) is 2.56. The van der Waals surface area contributed by atoms with Crippen molar-refractivity contribution in [2.75, 3.05) is 7.11 Å². The molecule has 0 fully saturated rings. The highest BCUT2D eigenvalue weighted by atomic mass is 16.5. The summed E-state index contributed by atoms with van der Waals surface area (Å²) >= 11 is 0. The zero-order chi connectivity index (χ0) is 13.9. The molecule has 0 radical (unpaired) electrons. The first-order chi connectivity index (χ1) is 9.78. The fraction of sp³-hybridized carbons (Fsp3) is 0.438. The number of aryl methyl sites for hydroxylation is 1. The van der Waals surface area contributed by atoms with Gasteiger partial charge in [0, 0.05) is 5.69 Å². The Bertz CT molecular complexity index is 592. The molecule has 4 nitrogen and oxygen atoms in total. The van der Waals surface area contributed by atoms with Crippen molar-refractivity contribution in [1.82, 2.24) is 9.55 Å². The van der Waals surface area contributed by atoms with Crippen molar-refractivity contribution in [3.63, 3.8) is 0 Å². The van der Waals surface area contributed by atoms with Crippen LogP contribution in [0.5, 0.6) is 5.75 Å². The minimum atomic E-state index is -0.537. The van der Waals surface area contributed by atoms with Crippen LogP contribution in [0.25, 0.3) is 0 Å². The maximum Gasteiger partial charge on any atom is 0.119 e. The number of fused-ring (bicyclic) bond motifs is 1. The van der Waals surface area contributed by atoms with Crippen molar-refractivity contribution in [3.05, 3.63) is 47.5 Å². The Morgan fingerprint density at radius 1 is 1.35 bits per heavy atom. The van der Waals surface area contributed by atoms with Crippen molar-refractivity contribution < 1.29 is 9.84 Å². The molecule has 1 heterocycles. The lowest BCUT2D eigenvalue weighted by Gasteiger charge is -2.17. The number of ether oxygens (including phenoxy) is 1. The van der Waals surface area contributed by atoms with Gasteiger partial charge in [-0.15, -0.1) is 0 Å². The fourth-order valence-corrected chi connectivity index (χ4v) is 2.83. The van der Waals surface area contributed by atoms with E-state index in [-0.39, 0.29) is 0 Å². The maximum atomic E-state index is 10.4. The Kier molecular flexibility index (Phi) is 3.74. The van der Waals surface area contributed by atoms with Gasteiger partial charge in [-0.3, -0.25) is 0 Å². The summed E-state index contributed by atoms with van der Waals surface area (Å²) in [5.41, 5.74) is 3.37. The second kappa shape index (κ2) is 5.67. The molecule has 1 aliphatic rings. The van der Waals surface area contributed by atoms with Gasteiger partial charge in [-0.05, 0) is 43.4 Å². The van der Waals surface area contributed by atoms with Crippen LogP contribution in [-0.4, -0.2) is 21.8 Å². The Balaban J connectivity index is 1.78. The van der Waals surface area contributed by atoms with Gasteiger partial charge in [0.05, 0.1) is 31.8 Å². The summed E-state index contributed by atoms with van der Waals surface area (Å²) in [5.74, 6) is 0.772. The molecule has 0 saturated carbocycles. The molecule has 0 amide bonds. The summed E-state index contributed by atoms with van der Waals surface area (Å²) in [4.78, 5) is 4.46. The molecule has 0 saturated heterocycles. The molecule has 3 rings (SSSR count). The number of benzene rings is 1. The van der Waals surface area contributed by atoms with Gasteiger partial charge in [0.2, 0.25) is 0 Å². The van der Waals surface area contributed by atoms with E-state index in [1.807, 2.05) is 30.6 Å². The highest BCUT2D eigenvalue weighted by Crippen LogP contribution is 2.24. The van der Waals surface area contributed by atoms with Gasteiger partial charge < -0.3 is 14.4 Å². The molecule has 1 unspecified atom stereocenters. The first-order valence-electron chi connectivity index (χ1n) is 7.13. The highest BCUT2D eigenvalue weighted by molar-refractivity contribution is 5.30. The zero-order valence-corrected chi connectivity index (χ0v) is 11.7. The number of aliphatic hydroxyl groups excluding tert-OH is 1. The smallest absolute Gasteiger partial charge is 0.119 e. The number of aromatic nitrogens is 2. The molecular formula is C16H20N2O2. The second-order valence-electron chi connectivity index (χ2n) is 5.29. The Hall–Kier alpha value is -1.81. The normalized spacial score (nSPS) is 15.7. The number of hydrogen-bond donors (Lipinski definition) is 1. The first kappa shape index (κ1) is 13.2. The number of aliphatic hydroxyl groups is 1. The van der Waals surface area contributed by atoms with E-state index >= 15 is 0 Å². The van der Waals surface area contributed by atoms with Crippen LogP contribution < -0.4 is 4.74 Å². The van der Waals surface area contributed by atoms with E-state index in [9.17, 15) is 5.11 Å². The van der Waals surface area contributed by atoms with Crippen molar-refractivity contribution >= 4 is 0 Å². The van der Waals surface area contributed by atoms with Gasteiger partial charge in [-0.2, -0.15) is 0 Å². The van der Waals surface area contributed by atoms with Crippen molar-refractivity contribution in [2.45, 2.75) is 38.3 Å². The van der Waals surface area contributed by atoms with Crippen LogP contribution in [0.3, 0.4) is 0 Å². The first-order valence-corrected chi connectivity index (χ1v) is 7.13. The predicted octanol–water partition coefficient (Wildman–Crippen LogP) is 2.50. The van der Waals surface area contributed by atoms with Gasteiger partial charge in [0.25, 0.3) is 0 Å². The van der Waals surface area contributed by atoms with Crippen molar-refractivity contribution in [2.24, 2.45) is 0 Å². The highest BCUT2D eigenvalue weighted by Gasteiger charge is 2.17. The summed E-state index contributed by atoms with van der Waals surface area (Å²) in [6.07, 6.45) is 5.90. The van der Waals surface area contributed by atoms with E-state index in [1.165, 1.54) is 24.2 Å². The molecule has 1 aliphatic carbocycles. The summed E-state index contributed by atoms with van der Waals surface area (Å²) in [6, 6.07) is 7.60. The Morgan fingerprint density at radius 2 is 2.20 bits per heavy atom. The second-order valence-corrected chi connectivity index (χ2v) is 5.29. The Morgan fingerprint density at radius 3 is 3.05 bits per heavy atom. The lowest BCUT2D eigenvalue weighted by molar-refractivity contribution is 0.155. The van der Waals surface area contributed by atoms with E-state index in [1.54, 1.807) is 7.11 Å². The van der Waals surface area contributed by atoms with Crippen LogP contribution >= 0.6 is 0 Å². The number of rotatable bonds is 4. The summed E-state index contributed by atoms with van der Waals surface area (Å²) < 4.78 is 7.30. The van der Waals surface area contributed by atoms with Gasteiger partial charge in [-0.1, -0.05) is 12.1 Å². The average Bonchev–Trinajstić information content (AvgIpc) is 2.90. The summed E-state index contributed by atoms with van der Waals surface area (Å²) in [7, 11) is 1.64. The Labute approximate surface area is 119 Å². The number of nitrogens with zero attached hydrogens (tertiary/aromatic N) is 2. The van der Waals surface area contributed by atoms with Crippen LogP contribution in [0, 0.1) is 0 Å². The molecule has 0 bridgehead atoms. The van der Waals surface area contributed by atoms with E-state index in [4.69, 9.17) is 4.74 Å². The van der Waals surface area contributed by atoms with Gasteiger partial charge in [-0.25, -0.2) is 4.98 Å². The minimum Gasteiger partial charge on any atom is -0.497 e. The molecule has 20 heavy (non-hydrogen) atoms. The lowest BCUT2D eigenvalue weighted by atomic mass is 10.0. The topological polar surface area (TPSA) is 47.3 Å². The average molecular weight is 272 g/mol. The summed E-state index contributed by atoms with van der Waals surface area (Å²) in [5, 5.41) is 10.4. The van der Waals surface area contributed by atoms with E-state index < -0.39 is 6.10 Å². The van der Waals surface area contributed by atoms with Crippen LogP contribution in [0.2, 0.25) is 0 Å². The molecule has 2 aromatic rings. The molecule has 1 atom stereocenters. The predicted molar refractivity (Wildman–Crippen MR) is 76.8 cm³/mol. The van der Waals surface area contributed by atoms with Crippen LogP contribution in [0.15, 0.2) is 30.6 Å².